The van der Waals surface area contributed by atoms with Crippen molar-refractivity contribution in [2.75, 3.05) is 42.2 Å². The molecule has 13 heteroatoms. The molecular weight excluding hydrogens is 582 g/mol. The normalized spacial score (nSPS) is 11.3. The Labute approximate surface area is 244 Å². The maximum absolute atomic E-state index is 13.7. The average molecular weight is 612 g/mol. The van der Waals surface area contributed by atoms with E-state index in [1.165, 1.54) is 63.8 Å². The van der Waals surface area contributed by atoms with Crippen molar-refractivity contribution in [3.63, 3.8) is 0 Å². The molecule has 42 heavy (non-hydrogen) atoms. The smallest absolute Gasteiger partial charge is 0.264 e. The zero-order chi connectivity index (χ0) is 30.3. The van der Waals surface area contributed by atoms with Crippen LogP contribution in [-0.2, 0) is 24.8 Å². The third-order valence-electron chi connectivity index (χ3n) is 6.07. The molecule has 0 saturated carbocycles. The quantitative estimate of drug-likeness (QED) is 0.241. The van der Waals surface area contributed by atoms with E-state index < -0.39 is 32.5 Å². The van der Waals surface area contributed by atoms with Gasteiger partial charge in [-0.2, -0.15) is 0 Å². The fourth-order valence-electron chi connectivity index (χ4n) is 3.94. The highest BCUT2D eigenvalue weighted by molar-refractivity contribution is 7.93. The minimum absolute atomic E-state index is 0.0294. The molecule has 4 rings (SSSR count). The Morgan fingerprint density at radius 1 is 0.690 bits per heavy atom. The molecule has 0 fully saturated rings. The second-order valence-electron chi connectivity index (χ2n) is 8.77. The van der Waals surface area contributed by atoms with Crippen molar-refractivity contribution in [3.8, 4) is 17.2 Å². The van der Waals surface area contributed by atoms with Crippen LogP contribution in [0.1, 0.15) is 0 Å². The number of hydrogen-bond donors (Lipinski definition) is 2. The van der Waals surface area contributed by atoms with E-state index in [4.69, 9.17) is 14.2 Å². The Kier molecular flexibility index (Phi) is 9.23. The van der Waals surface area contributed by atoms with Gasteiger partial charge in [0.2, 0.25) is 5.91 Å². The summed E-state index contributed by atoms with van der Waals surface area (Å²) >= 11 is 0. The summed E-state index contributed by atoms with van der Waals surface area (Å²) < 4.78 is 72.0. The number of amides is 1. The Bertz CT molecular complexity index is 1750. The standard InChI is InChI=1S/C29H29N3O8S2/c1-38-24-13-9-22(10-14-24)31-41(34,35)25-15-11-21(12-16-25)30-29(33)20-32(23-7-5-4-6-8-23)42(36,37)26-17-18-27(39-2)28(19-26)40-3/h4-19,31H,20H2,1-3H3,(H,30,33). The summed E-state index contributed by atoms with van der Waals surface area (Å²) in [5.74, 6) is 0.507. The monoisotopic (exact) mass is 611 g/mol. The summed E-state index contributed by atoms with van der Waals surface area (Å²) in [5, 5.41) is 2.63. The van der Waals surface area contributed by atoms with Crippen LogP contribution in [0.5, 0.6) is 17.2 Å². The number of nitrogens with one attached hydrogen (secondary N) is 2. The van der Waals surface area contributed by atoms with Crippen molar-refractivity contribution in [3.05, 3.63) is 97.1 Å². The second kappa shape index (κ2) is 12.8. The lowest BCUT2D eigenvalue weighted by atomic mass is 10.3. The highest BCUT2D eigenvalue weighted by Gasteiger charge is 2.28. The molecule has 0 bridgehead atoms. The third kappa shape index (κ3) is 6.93. The van der Waals surface area contributed by atoms with E-state index in [2.05, 4.69) is 10.0 Å². The zero-order valence-corrected chi connectivity index (χ0v) is 24.6. The number of sulfonamides is 2. The molecule has 4 aromatic rings. The summed E-state index contributed by atoms with van der Waals surface area (Å²) in [7, 11) is -3.78. The number of benzene rings is 4. The lowest BCUT2D eigenvalue weighted by Crippen LogP contribution is -2.38. The number of carbonyl (C=O) groups is 1. The number of ether oxygens (including phenoxy) is 3. The van der Waals surface area contributed by atoms with E-state index in [1.54, 1.807) is 54.6 Å². The lowest BCUT2D eigenvalue weighted by molar-refractivity contribution is -0.114. The number of carbonyl (C=O) groups excluding carboxylic acids is 1. The molecule has 0 aliphatic rings. The van der Waals surface area contributed by atoms with Crippen LogP contribution < -0.4 is 28.6 Å². The predicted octanol–water partition coefficient (Wildman–Crippen LogP) is 4.35. The Morgan fingerprint density at radius 2 is 1.29 bits per heavy atom. The van der Waals surface area contributed by atoms with Crippen LogP contribution in [0.3, 0.4) is 0 Å². The number of methoxy groups -OCH3 is 3. The van der Waals surface area contributed by atoms with Crippen LogP contribution in [0.2, 0.25) is 0 Å². The van der Waals surface area contributed by atoms with E-state index in [0.29, 0.717) is 17.2 Å². The number of hydrogen-bond acceptors (Lipinski definition) is 8. The van der Waals surface area contributed by atoms with Gasteiger partial charge in [-0.1, -0.05) is 18.2 Å². The fraction of sp³-hybridized carbons (Fsp3) is 0.138. The van der Waals surface area contributed by atoms with Gasteiger partial charge in [-0.15, -0.1) is 0 Å². The minimum Gasteiger partial charge on any atom is -0.497 e. The maximum Gasteiger partial charge on any atom is 0.264 e. The van der Waals surface area contributed by atoms with Crippen LogP contribution in [0.4, 0.5) is 17.1 Å². The molecule has 0 aliphatic heterocycles. The van der Waals surface area contributed by atoms with E-state index >= 15 is 0 Å². The molecule has 2 N–H and O–H groups in total. The van der Waals surface area contributed by atoms with Crippen LogP contribution in [0.15, 0.2) is 107 Å². The molecule has 4 aromatic carbocycles. The molecule has 0 spiro atoms. The number of para-hydroxylation sites is 1. The third-order valence-corrected chi connectivity index (χ3v) is 9.23. The number of anilines is 3. The molecule has 0 atom stereocenters. The fourth-order valence-corrected chi connectivity index (χ4v) is 6.43. The van der Waals surface area contributed by atoms with Crippen molar-refractivity contribution >= 4 is 43.0 Å². The minimum atomic E-state index is -4.22. The van der Waals surface area contributed by atoms with Crippen LogP contribution >= 0.6 is 0 Å². The van der Waals surface area contributed by atoms with Gasteiger partial charge >= 0.3 is 0 Å². The summed E-state index contributed by atoms with van der Waals surface area (Å²) in [4.78, 5) is 12.9. The first kappa shape index (κ1) is 30.2. The van der Waals surface area contributed by atoms with Gasteiger partial charge in [0.05, 0.1) is 36.8 Å². The predicted molar refractivity (Wildman–Crippen MR) is 159 cm³/mol. The molecule has 0 unspecified atom stereocenters. The van der Waals surface area contributed by atoms with Gasteiger partial charge < -0.3 is 19.5 Å². The molecule has 220 valence electrons. The molecule has 1 amide bonds. The first-order chi connectivity index (χ1) is 20.1. The summed E-state index contributed by atoms with van der Waals surface area (Å²) in [5.41, 5.74) is 0.901. The van der Waals surface area contributed by atoms with E-state index in [9.17, 15) is 21.6 Å². The van der Waals surface area contributed by atoms with Gasteiger partial charge in [-0.25, -0.2) is 16.8 Å². The van der Waals surface area contributed by atoms with Crippen molar-refractivity contribution in [2.24, 2.45) is 0 Å². The van der Waals surface area contributed by atoms with Gasteiger partial charge in [-0.05, 0) is 72.8 Å². The van der Waals surface area contributed by atoms with Crippen LogP contribution in [0, 0.1) is 0 Å². The number of nitrogens with zero attached hydrogens (tertiary/aromatic N) is 1. The van der Waals surface area contributed by atoms with E-state index in [-0.39, 0.29) is 26.9 Å². The molecule has 11 nitrogen and oxygen atoms in total. The Morgan fingerprint density at radius 3 is 1.88 bits per heavy atom. The van der Waals surface area contributed by atoms with Crippen LogP contribution in [-0.4, -0.2) is 50.6 Å². The highest BCUT2D eigenvalue weighted by atomic mass is 32.2. The summed E-state index contributed by atoms with van der Waals surface area (Å²) in [6, 6.07) is 24.2. The van der Waals surface area contributed by atoms with Gasteiger partial charge in [-0.3, -0.25) is 13.8 Å². The molecule has 0 aromatic heterocycles. The molecule has 0 aliphatic carbocycles. The van der Waals surface area contributed by atoms with Crippen molar-refractivity contribution < 1.29 is 35.8 Å². The number of rotatable bonds is 12. The first-order valence-electron chi connectivity index (χ1n) is 12.4. The summed E-state index contributed by atoms with van der Waals surface area (Å²) in [6.07, 6.45) is 0. The SMILES string of the molecule is COc1ccc(NS(=O)(=O)c2ccc(NC(=O)CN(c3ccccc3)S(=O)(=O)c3ccc(OC)c(OC)c3)cc2)cc1. The van der Waals surface area contributed by atoms with E-state index in [0.717, 1.165) is 4.31 Å². The largest absolute Gasteiger partial charge is 0.497 e. The molecule has 0 heterocycles. The van der Waals surface area contributed by atoms with Crippen LogP contribution in [0.25, 0.3) is 0 Å². The highest BCUT2D eigenvalue weighted by Crippen LogP contribution is 2.32. The molecule has 0 radical (unpaired) electrons. The van der Waals surface area contributed by atoms with Gasteiger partial charge in [0, 0.05) is 17.4 Å². The zero-order valence-electron chi connectivity index (χ0n) is 23.0. The van der Waals surface area contributed by atoms with Crippen molar-refractivity contribution in [2.45, 2.75) is 9.79 Å². The molecular formula is C29H29N3O8S2. The summed E-state index contributed by atoms with van der Waals surface area (Å²) in [6.45, 7) is -0.556. The average Bonchev–Trinajstić information content (AvgIpc) is 3.00. The molecule has 0 saturated heterocycles. The lowest BCUT2D eigenvalue weighted by Gasteiger charge is -2.24. The first-order valence-corrected chi connectivity index (χ1v) is 15.4. The Balaban J connectivity index is 1.52. The van der Waals surface area contributed by atoms with Crippen molar-refractivity contribution in [1.82, 2.24) is 0 Å². The topological polar surface area (TPSA) is 140 Å². The second-order valence-corrected chi connectivity index (χ2v) is 12.3. The maximum atomic E-state index is 13.7. The van der Waals surface area contributed by atoms with Gasteiger partial charge in [0.1, 0.15) is 12.3 Å². The van der Waals surface area contributed by atoms with E-state index in [1.807, 2.05) is 0 Å². The van der Waals surface area contributed by atoms with Crippen molar-refractivity contribution in [1.29, 1.82) is 0 Å². The Hall–Kier alpha value is -4.75. The van der Waals surface area contributed by atoms with Gasteiger partial charge in [0.15, 0.2) is 11.5 Å². The van der Waals surface area contributed by atoms with Gasteiger partial charge in [0.25, 0.3) is 20.0 Å².